The summed E-state index contributed by atoms with van der Waals surface area (Å²) in [6.07, 6.45) is 0.980. The zero-order chi connectivity index (χ0) is 12.7. The molecule has 18 heavy (non-hydrogen) atoms. The van der Waals surface area contributed by atoms with Gasteiger partial charge in [-0.1, -0.05) is 12.1 Å². The van der Waals surface area contributed by atoms with Crippen LogP contribution in [0, 0.1) is 0 Å². The van der Waals surface area contributed by atoms with Crippen LogP contribution in [-0.2, 0) is 9.53 Å². The van der Waals surface area contributed by atoms with Crippen LogP contribution < -0.4 is 4.74 Å². The van der Waals surface area contributed by atoms with Crippen LogP contribution in [0.4, 0.5) is 0 Å². The number of epoxide rings is 1. The molecule has 0 spiro atoms. The van der Waals surface area contributed by atoms with Crippen molar-refractivity contribution in [3.8, 4) is 5.75 Å². The second kappa shape index (κ2) is 4.28. The van der Waals surface area contributed by atoms with Gasteiger partial charge in [0.25, 0.3) is 5.91 Å². The Bertz CT molecular complexity index is 457. The zero-order valence-electron chi connectivity index (χ0n) is 10.6. The normalized spacial score (nSPS) is 27.7. The van der Waals surface area contributed by atoms with Crippen molar-refractivity contribution in [3.05, 3.63) is 29.8 Å². The minimum absolute atomic E-state index is 0.0913. The Morgan fingerprint density at radius 2 is 2.11 bits per heavy atom. The summed E-state index contributed by atoms with van der Waals surface area (Å²) in [5.74, 6) is 0.969. The van der Waals surface area contributed by atoms with E-state index in [1.807, 2.05) is 29.2 Å². The average molecular weight is 247 g/mol. The largest absolute Gasteiger partial charge is 0.497 e. The number of carbonyl (C=O) groups excluding carboxylic acids is 1. The van der Waals surface area contributed by atoms with Gasteiger partial charge >= 0.3 is 0 Å². The molecule has 4 nitrogen and oxygen atoms in total. The molecule has 0 bridgehead atoms. The van der Waals surface area contributed by atoms with E-state index in [9.17, 15) is 4.79 Å². The van der Waals surface area contributed by atoms with Crippen molar-refractivity contribution in [2.75, 3.05) is 13.7 Å². The number of benzene rings is 1. The maximum atomic E-state index is 12.1. The number of carbonyl (C=O) groups is 1. The van der Waals surface area contributed by atoms with Crippen LogP contribution in [0.2, 0.25) is 0 Å². The molecule has 0 aliphatic carbocycles. The molecule has 0 aromatic heterocycles. The third-order valence-corrected chi connectivity index (χ3v) is 3.83. The number of rotatable bonds is 3. The SMILES string of the molecule is COc1ccc([C@H](C)N2CC[C@@H]3O[C@@H]3C2=O)cc1. The van der Waals surface area contributed by atoms with Gasteiger partial charge in [0.2, 0.25) is 0 Å². The van der Waals surface area contributed by atoms with E-state index < -0.39 is 0 Å². The van der Waals surface area contributed by atoms with Crippen molar-refractivity contribution >= 4 is 5.91 Å². The van der Waals surface area contributed by atoms with Crippen molar-refractivity contribution in [3.63, 3.8) is 0 Å². The van der Waals surface area contributed by atoms with Crippen LogP contribution in [0.1, 0.15) is 24.9 Å². The van der Waals surface area contributed by atoms with E-state index in [-0.39, 0.29) is 24.2 Å². The quantitative estimate of drug-likeness (QED) is 0.764. The number of nitrogens with zero attached hydrogens (tertiary/aromatic N) is 1. The number of likely N-dealkylation sites (tertiary alicyclic amines) is 1. The van der Waals surface area contributed by atoms with Crippen molar-refractivity contribution in [1.82, 2.24) is 4.90 Å². The van der Waals surface area contributed by atoms with Crippen LogP contribution in [0.25, 0.3) is 0 Å². The maximum absolute atomic E-state index is 12.1. The first-order valence-electron chi connectivity index (χ1n) is 6.30. The predicted octanol–water partition coefficient (Wildman–Crippen LogP) is 1.76. The van der Waals surface area contributed by atoms with Gasteiger partial charge in [0.05, 0.1) is 19.3 Å². The third-order valence-electron chi connectivity index (χ3n) is 3.83. The fourth-order valence-electron chi connectivity index (χ4n) is 2.57. The van der Waals surface area contributed by atoms with E-state index in [0.717, 1.165) is 24.3 Å². The Morgan fingerprint density at radius 3 is 2.78 bits per heavy atom. The molecule has 1 aromatic carbocycles. The summed E-state index contributed by atoms with van der Waals surface area (Å²) in [4.78, 5) is 14.0. The Morgan fingerprint density at radius 1 is 1.39 bits per heavy atom. The summed E-state index contributed by atoms with van der Waals surface area (Å²) in [5.41, 5.74) is 1.13. The van der Waals surface area contributed by atoms with Crippen molar-refractivity contribution < 1.29 is 14.3 Å². The lowest BCUT2D eigenvalue weighted by Gasteiger charge is -2.31. The minimum Gasteiger partial charge on any atom is -0.497 e. The number of hydrogen-bond donors (Lipinski definition) is 0. The van der Waals surface area contributed by atoms with Crippen molar-refractivity contribution in [1.29, 1.82) is 0 Å². The van der Waals surface area contributed by atoms with Crippen LogP contribution in [0.5, 0.6) is 5.75 Å². The molecule has 0 saturated carbocycles. The van der Waals surface area contributed by atoms with E-state index in [2.05, 4.69) is 6.92 Å². The smallest absolute Gasteiger partial charge is 0.254 e. The molecular weight excluding hydrogens is 230 g/mol. The van der Waals surface area contributed by atoms with Gasteiger partial charge in [-0.2, -0.15) is 0 Å². The highest BCUT2D eigenvalue weighted by Crippen LogP contribution is 2.35. The predicted molar refractivity (Wildman–Crippen MR) is 66.4 cm³/mol. The lowest BCUT2D eigenvalue weighted by Crippen LogP contribution is -2.41. The lowest BCUT2D eigenvalue weighted by molar-refractivity contribution is -0.135. The zero-order valence-corrected chi connectivity index (χ0v) is 10.6. The van der Waals surface area contributed by atoms with Gasteiger partial charge in [0, 0.05) is 6.54 Å². The topological polar surface area (TPSA) is 42.1 Å². The van der Waals surface area contributed by atoms with Gasteiger partial charge in [0.1, 0.15) is 5.75 Å². The molecule has 2 heterocycles. The van der Waals surface area contributed by atoms with Gasteiger partial charge in [-0.25, -0.2) is 0 Å². The first-order valence-corrected chi connectivity index (χ1v) is 6.30. The molecule has 0 N–H and O–H groups in total. The Kier molecular flexibility index (Phi) is 2.74. The van der Waals surface area contributed by atoms with E-state index in [1.54, 1.807) is 7.11 Å². The molecule has 2 fully saturated rings. The van der Waals surface area contributed by atoms with Gasteiger partial charge < -0.3 is 14.4 Å². The number of hydrogen-bond acceptors (Lipinski definition) is 3. The minimum atomic E-state index is -0.167. The molecule has 1 aromatic rings. The number of fused-ring (bicyclic) bond motifs is 1. The van der Waals surface area contributed by atoms with Gasteiger partial charge in [-0.3, -0.25) is 4.79 Å². The third kappa shape index (κ3) is 1.86. The molecule has 4 heteroatoms. The summed E-state index contributed by atoms with van der Waals surface area (Å²) in [5, 5.41) is 0. The van der Waals surface area contributed by atoms with E-state index in [0.29, 0.717) is 0 Å². The van der Waals surface area contributed by atoms with Crippen molar-refractivity contribution in [2.24, 2.45) is 0 Å². The number of methoxy groups -OCH3 is 1. The molecule has 2 aliphatic heterocycles. The van der Waals surface area contributed by atoms with Crippen LogP contribution in [0.3, 0.4) is 0 Å². The summed E-state index contributed by atoms with van der Waals surface area (Å²) in [6.45, 7) is 2.84. The average Bonchev–Trinajstić information content (AvgIpc) is 3.19. The summed E-state index contributed by atoms with van der Waals surface area (Å²) in [6, 6.07) is 7.97. The summed E-state index contributed by atoms with van der Waals surface area (Å²) in [7, 11) is 1.65. The second-order valence-electron chi connectivity index (χ2n) is 4.86. The lowest BCUT2D eigenvalue weighted by atomic mass is 10.0. The number of amides is 1. The summed E-state index contributed by atoms with van der Waals surface area (Å²) < 4.78 is 10.5. The number of piperidine rings is 1. The summed E-state index contributed by atoms with van der Waals surface area (Å²) >= 11 is 0. The van der Waals surface area contributed by atoms with Crippen LogP contribution in [0.15, 0.2) is 24.3 Å². The second-order valence-corrected chi connectivity index (χ2v) is 4.86. The molecule has 96 valence electrons. The molecule has 0 unspecified atom stereocenters. The number of ether oxygens (including phenoxy) is 2. The fourth-order valence-corrected chi connectivity index (χ4v) is 2.57. The molecule has 2 aliphatic rings. The first-order chi connectivity index (χ1) is 8.70. The van der Waals surface area contributed by atoms with Crippen LogP contribution in [-0.4, -0.2) is 36.7 Å². The van der Waals surface area contributed by atoms with Crippen molar-refractivity contribution in [2.45, 2.75) is 31.6 Å². The first kappa shape index (κ1) is 11.5. The van der Waals surface area contributed by atoms with Crippen LogP contribution >= 0.6 is 0 Å². The van der Waals surface area contributed by atoms with E-state index >= 15 is 0 Å². The highest BCUT2D eigenvalue weighted by Gasteiger charge is 2.51. The Hall–Kier alpha value is -1.55. The molecule has 1 amide bonds. The van der Waals surface area contributed by atoms with Gasteiger partial charge in [0.15, 0.2) is 6.10 Å². The van der Waals surface area contributed by atoms with E-state index in [1.165, 1.54) is 0 Å². The Balaban J connectivity index is 1.76. The molecule has 3 rings (SSSR count). The van der Waals surface area contributed by atoms with Gasteiger partial charge in [-0.15, -0.1) is 0 Å². The highest BCUT2D eigenvalue weighted by molar-refractivity contribution is 5.85. The molecule has 2 saturated heterocycles. The van der Waals surface area contributed by atoms with Gasteiger partial charge in [-0.05, 0) is 31.0 Å². The molecule has 3 atom stereocenters. The molecular formula is C14H17NO3. The maximum Gasteiger partial charge on any atom is 0.254 e. The molecule has 0 radical (unpaired) electrons. The standard InChI is InChI=1S/C14H17NO3/c1-9(10-3-5-11(17-2)6-4-10)15-8-7-12-13(18-12)14(15)16/h3-6,9,12-13H,7-8H2,1-2H3/t9-,12-,13-/m0/s1. The highest BCUT2D eigenvalue weighted by atomic mass is 16.6. The Labute approximate surface area is 106 Å². The monoisotopic (exact) mass is 247 g/mol. The van der Waals surface area contributed by atoms with E-state index in [4.69, 9.17) is 9.47 Å². The fraction of sp³-hybridized carbons (Fsp3) is 0.500.